The van der Waals surface area contributed by atoms with E-state index in [0.717, 1.165) is 6.42 Å². The van der Waals surface area contributed by atoms with Crippen LogP contribution in [0.15, 0.2) is 36.5 Å². The fraction of sp³-hybridized carbons (Fsp3) is 0.455. The summed E-state index contributed by atoms with van der Waals surface area (Å²) >= 11 is 0. The Morgan fingerprint density at radius 1 is 1.45 bits per heavy atom. The van der Waals surface area contributed by atoms with Crippen LogP contribution in [-0.4, -0.2) is 0 Å². The molecule has 0 amide bonds. The average molecular weight is 150 g/mol. The van der Waals surface area contributed by atoms with Crippen LogP contribution in [0.1, 0.15) is 33.1 Å². The van der Waals surface area contributed by atoms with Gasteiger partial charge in [0.1, 0.15) is 0 Å². The summed E-state index contributed by atoms with van der Waals surface area (Å²) in [6, 6.07) is 0. The van der Waals surface area contributed by atoms with Crippen LogP contribution in [0.4, 0.5) is 0 Å². The predicted molar refractivity (Wildman–Crippen MR) is 52.6 cm³/mol. The Bertz CT molecular complexity index is 149. The van der Waals surface area contributed by atoms with Crippen molar-refractivity contribution in [2.45, 2.75) is 33.1 Å². The topological polar surface area (TPSA) is 0 Å². The van der Waals surface area contributed by atoms with E-state index >= 15 is 0 Å². The zero-order valence-corrected chi connectivity index (χ0v) is 7.64. The minimum Gasteiger partial charge on any atom is -0.0988 e. The number of hydrogen-bond acceptors (Lipinski definition) is 0. The first kappa shape index (κ1) is 10.2. The van der Waals surface area contributed by atoms with E-state index in [1.165, 1.54) is 18.4 Å². The molecule has 0 N–H and O–H groups in total. The fourth-order valence-corrected chi connectivity index (χ4v) is 0.854. The van der Waals surface area contributed by atoms with Gasteiger partial charge in [0.15, 0.2) is 0 Å². The summed E-state index contributed by atoms with van der Waals surface area (Å²) in [6.45, 7) is 7.99. The summed E-state index contributed by atoms with van der Waals surface area (Å²) in [4.78, 5) is 0. The zero-order valence-electron chi connectivity index (χ0n) is 7.64. The van der Waals surface area contributed by atoms with E-state index in [9.17, 15) is 0 Å². The molecule has 0 aliphatic carbocycles. The van der Waals surface area contributed by atoms with Gasteiger partial charge in [0.2, 0.25) is 0 Å². The Morgan fingerprint density at radius 2 is 2.18 bits per heavy atom. The second kappa shape index (κ2) is 7.33. The van der Waals surface area contributed by atoms with Crippen LogP contribution < -0.4 is 0 Å². The van der Waals surface area contributed by atoms with E-state index in [0.29, 0.717) is 0 Å². The molecule has 0 heteroatoms. The third kappa shape index (κ3) is 5.65. The third-order valence-corrected chi connectivity index (χ3v) is 1.58. The highest BCUT2D eigenvalue weighted by atomic mass is 13.9. The van der Waals surface area contributed by atoms with Crippen molar-refractivity contribution >= 4 is 0 Å². The quantitative estimate of drug-likeness (QED) is 0.522. The molecule has 0 aromatic heterocycles. The van der Waals surface area contributed by atoms with Gasteiger partial charge >= 0.3 is 0 Å². The molecule has 0 spiro atoms. The lowest BCUT2D eigenvalue weighted by atomic mass is 10.1. The van der Waals surface area contributed by atoms with E-state index in [-0.39, 0.29) is 0 Å². The minimum atomic E-state index is 1.16. The Morgan fingerprint density at radius 3 is 2.64 bits per heavy atom. The number of hydrogen-bond donors (Lipinski definition) is 0. The normalized spacial score (nSPS) is 12.4. The second-order valence-corrected chi connectivity index (χ2v) is 2.58. The van der Waals surface area contributed by atoms with Gasteiger partial charge in [-0.1, -0.05) is 44.2 Å². The van der Waals surface area contributed by atoms with Crippen LogP contribution in [-0.2, 0) is 0 Å². The molecule has 0 unspecified atom stereocenters. The van der Waals surface area contributed by atoms with Gasteiger partial charge in [-0.2, -0.15) is 0 Å². The van der Waals surface area contributed by atoms with Crippen molar-refractivity contribution in [3.05, 3.63) is 36.5 Å². The summed E-state index contributed by atoms with van der Waals surface area (Å²) in [5.41, 5.74) is 1.34. The molecule has 0 fully saturated rings. The van der Waals surface area contributed by atoms with Crippen molar-refractivity contribution in [1.29, 1.82) is 0 Å². The summed E-state index contributed by atoms with van der Waals surface area (Å²) in [5.74, 6) is 0. The molecule has 0 rings (SSSR count). The van der Waals surface area contributed by atoms with Crippen LogP contribution in [0.25, 0.3) is 0 Å². The average Bonchev–Trinajstić information content (AvgIpc) is 2.05. The molecule has 0 nitrogen and oxygen atoms in total. The van der Waals surface area contributed by atoms with Gasteiger partial charge in [-0.15, -0.1) is 0 Å². The molecule has 62 valence electrons. The standard InChI is InChI=1S/C11H18/c1-4-7-9-11(6-3)10-8-5-2/h4,6-7,9H,3,5,8,10H2,1-2H3/b7-4+,11-9+. The van der Waals surface area contributed by atoms with Crippen molar-refractivity contribution in [2.75, 3.05) is 0 Å². The highest BCUT2D eigenvalue weighted by Crippen LogP contribution is 2.07. The molecule has 0 bridgehead atoms. The van der Waals surface area contributed by atoms with Gasteiger partial charge in [-0.3, -0.25) is 0 Å². The van der Waals surface area contributed by atoms with Gasteiger partial charge in [-0.05, 0) is 25.3 Å². The molecule has 11 heavy (non-hydrogen) atoms. The van der Waals surface area contributed by atoms with E-state index in [4.69, 9.17) is 0 Å². The SMILES string of the molecule is C=C/C(=C\C=C\C)CCCC. The van der Waals surface area contributed by atoms with Crippen molar-refractivity contribution in [2.24, 2.45) is 0 Å². The summed E-state index contributed by atoms with van der Waals surface area (Å²) in [7, 11) is 0. The molecule has 0 saturated carbocycles. The van der Waals surface area contributed by atoms with Crippen LogP contribution in [0.2, 0.25) is 0 Å². The smallest absolute Gasteiger partial charge is 0.0279 e. The third-order valence-electron chi connectivity index (χ3n) is 1.58. The molecule has 0 aromatic carbocycles. The first-order valence-corrected chi connectivity index (χ1v) is 4.29. The highest BCUT2D eigenvalue weighted by molar-refractivity contribution is 5.21. The van der Waals surface area contributed by atoms with Crippen LogP contribution in [0.3, 0.4) is 0 Å². The molecular formula is C11H18. The Balaban J connectivity index is 3.83. The maximum Gasteiger partial charge on any atom is -0.0279 e. The van der Waals surface area contributed by atoms with Gasteiger partial charge in [0.25, 0.3) is 0 Å². The van der Waals surface area contributed by atoms with Gasteiger partial charge in [-0.25, -0.2) is 0 Å². The van der Waals surface area contributed by atoms with Crippen molar-refractivity contribution in [3.8, 4) is 0 Å². The maximum atomic E-state index is 3.76. The van der Waals surface area contributed by atoms with Crippen LogP contribution >= 0.6 is 0 Å². The first-order chi connectivity index (χ1) is 5.35. The lowest BCUT2D eigenvalue weighted by molar-refractivity contribution is 0.798. The largest absolute Gasteiger partial charge is 0.0988 e. The summed E-state index contributed by atoms with van der Waals surface area (Å²) in [6.07, 6.45) is 11.8. The van der Waals surface area contributed by atoms with E-state index in [1.807, 2.05) is 19.1 Å². The van der Waals surface area contributed by atoms with Gasteiger partial charge in [0, 0.05) is 0 Å². The van der Waals surface area contributed by atoms with Gasteiger partial charge < -0.3 is 0 Å². The monoisotopic (exact) mass is 150 g/mol. The molecule has 0 aromatic rings. The Labute approximate surface area is 70.3 Å². The minimum absolute atomic E-state index is 1.16. The molecule has 0 heterocycles. The fourth-order valence-electron chi connectivity index (χ4n) is 0.854. The van der Waals surface area contributed by atoms with Gasteiger partial charge in [0.05, 0.1) is 0 Å². The Hall–Kier alpha value is -0.780. The van der Waals surface area contributed by atoms with Crippen LogP contribution in [0.5, 0.6) is 0 Å². The lowest BCUT2D eigenvalue weighted by Crippen LogP contribution is -1.77. The molecule has 0 atom stereocenters. The molecule has 0 radical (unpaired) electrons. The number of rotatable bonds is 5. The number of allylic oxidation sites excluding steroid dienone is 5. The van der Waals surface area contributed by atoms with E-state index < -0.39 is 0 Å². The molecule has 0 aliphatic rings. The summed E-state index contributed by atoms with van der Waals surface area (Å²) < 4.78 is 0. The van der Waals surface area contributed by atoms with Crippen LogP contribution in [0, 0.1) is 0 Å². The second-order valence-electron chi connectivity index (χ2n) is 2.58. The molecule has 0 saturated heterocycles. The maximum absolute atomic E-state index is 3.76. The van der Waals surface area contributed by atoms with E-state index in [2.05, 4.69) is 25.7 Å². The van der Waals surface area contributed by atoms with Crippen molar-refractivity contribution in [3.63, 3.8) is 0 Å². The molecule has 0 aliphatic heterocycles. The zero-order chi connectivity index (χ0) is 8.53. The predicted octanol–water partition coefficient (Wildman–Crippen LogP) is 3.87. The lowest BCUT2D eigenvalue weighted by Gasteiger charge is -1.97. The van der Waals surface area contributed by atoms with Crippen molar-refractivity contribution < 1.29 is 0 Å². The van der Waals surface area contributed by atoms with E-state index in [1.54, 1.807) is 0 Å². The molecular weight excluding hydrogens is 132 g/mol. The first-order valence-electron chi connectivity index (χ1n) is 4.29. The number of unbranched alkanes of at least 4 members (excludes halogenated alkanes) is 1. The highest BCUT2D eigenvalue weighted by Gasteiger charge is 1.87. The summed E-state index contributed by atoms with van der Waals surface area (Å²) in [5, 5.41) is 0. The Kier molecular flexibility index (Phi) is 6.81. The van der Waals surface area contributed by atoms with Crippen molar-refractivity contribution in [1.82, 2.24) is 0 Å².